The van der Waals surface area contributed by atoms with Gasteiger partial charge in [0, 0.05) is 37.0 Å². The maximum atomic E-state index is 12.3. The van der Waals surface area contributed by atoms with Gasteiger partial charge >= 0.3 is 0 Å². The molecule has 0 aliphatic rings. The second kappa shape index (κ2) is 6.62. The molecule has 2 rings (SSSR count). The fourth-order valence-corrected chi connectivity index (χ4v) is 2.08. The van der Waals surface area contributed by atoms with Gasteiger partial charge in [-0.15, -0.1) is 6.42 Å². The number of benzene rings is 2. The van der Waals surface area contributed by atoms with Crippen molar-refractivity contribution in [3.8, 4) is 12.3 Å². The highest BCUT2D eigenvalue weighted by molar-refractivity contribution is 6.05. The minimum atomic E-state index is -0.509. The number of nitrogens with zero attached hydrogens (tertiary/aromatic N) is 2. The highest BCUT2D eigenvalue weighted by Crippen LogP contribution is 2.28. The van der Waals surface area contributed by atoms with Crippen LogP contribution < -0.4 is 10.2 Å². The molecule has 0 atom stereocenters. The van der Waals surface area contributed by atoms with E-state index in [4.69, 9.17) is 6.42 Å². The highest BCUT2D eigenvalue weighted by atomic mass is 16.6. The lowest BCUT2D eigenvalue weighted by Crippen LogP contribution is -2.15. The van der Waals surface area contributed by atoms with Crippen LogP contribution in [0.25, 0.3) is 0 Å². The molecule has 0 unspecified atom stereocenters. The molecule has 6 nitrogen and oxygen atoms in total. The van der Waals surface area contributed by atoms with Gasteiger partial charge in [0.2, 0.25) is 0 Å². The summed E-state index contributed by atoms with van der Waals surface area (Å²) >= 11 is 0. The monoisotopic (exact) mass is 309 g/mol. The molecule has 23 heavy (non-hydrogen) atoms. The summed E-state index contributed by atoms with van der Waals surface area (Å²) < 4.78 is 0. The van der Waals surface area contributed by atoms with E-state index in [-0.39, 0.29) is 11.3 Å². The normalized spacial score (nSPS) is 9.78. The van der Waals surface area contributed by atoms with E-state index in [0.29, 0.717) is 16.9 Å². The van der Waals surface area contributed by atoms with E-state index in [9.17, 15) is 14.9 Å². The Bertz CT molecular complexity index is 807. The number of carbonyl (C=O) groups is 1. The standard InChI is InChI=1S/C17H15N3O3/c1-4-12-6-5-7-14(10-12)18-17(21)13-8-9-15(19(2)3)16(11-13)20(22)23/h1,5-11H,2-3H3,(H,18,21). The molecular weight excluding hydrogens is 294 g/mol. The van der Waals surface area contributed by atoms with Gasteiger partial charge in [-0.05, 0) is 30.3 Å². The first-order valence-corrected chi connectivity index (χ1v) is 6.76. The van der Waals surface area contributed by atoms with Crippen molar-refractivity contribution in [3.63, 3.8) is 0 Å². The Morgan fingerprint density at radius 1 is 1.26 bits per heavy atom. The van der Waals surface area contributed by atoms with Crippen LogP contribution in [0.5, 0.6) is 0 Å². The quantitative estimate of drug-likeness (QED) is 0.535. The first-order chi connectivity index (χ1) is 10.9. The van der Waals surface area contributed by atoms with Gasteiger partial charge in [-0.3, -0.25) is 14.9 Å². The molecule has 0 aromatic heterocycles. The summed E-state index contributed by atoms with van der Waals surface area (Å²) in [4.78, 5) is 24.6. The van der Waals surface area contributed by atoms with Gasteiger partial charge in [-0.25, -0.2) is 0 Å². The van der Waals surface area contributed by atoms with Crippen molar-refractivity contribution in [1.29, 1.82) is 0 Å². The Kier molecular flexibility index (Phi) is 4.62. The minimum Gasteiger partial charge on any atom is -0.372 e. The Morgan fingerprint density at radius 3 is 2.61 bits per heavy atom. The largest absolute Gasteiger partial charge is 0.372 e. The number of amides is 1. The third-order valence-corrected chi connectivity index (χ3v) is 3.20. The van der Waals surface area contributed by atoms with Crippen molar-refractivity contribution in [2.45, 2.75) is 0 Å². The van der Waals surface area contributed by atoms with Gasteiger partial charge < -0.3 is 10.2 Å². The lowest BCUT2D eigenvalue weighted by Gasteiger charge is -2.13. The SMILES string of the molecule is C#Cc1cccc(NC(=O)c2ccc(N(C)C)c([N+](=O)[O-])c2)c1. The van der Waals surface area contributed by atoms with Crippen LogP contribution in [0.3, 0.4) is 0 Å². The molecular formula is C17H15N3O3. The number of terminal acetylenes is 1. The van der Waals surface area contributed by atoms with Gasteiger partial charge in [0.25, 0.3) is 11.6 Å². The summed E-state index contributed by atoms with van der Waals surface area (Å²) in [7, 11) is 3.40. The number of carbonyl (C=O) groups excluding carboxylic acids is 1. The summed E-state index contributed by atoms with van der Waals surface area (Å²) in [6, 6.07) is 11.2. The Morgan fingerprint density at radius 2 is 2.00 bits per heavy atom. The van der Waals surface area contributed by atoms with Crippen LogP contribution in [-0.2, 0) is 0 Å². The van der Waals surface area contributed by atoms with Gasteiger partial charge in [-0.1, -0.05) is 12.0 Å². The van der Waals surface area contributed by atoms with Crippen LogP contribution >= 0.6 is 0 Å². The van der Waals surface area contributed by atoms with Gasteiger partial charge in [-0.2, -0.15) is 0 Å². The third kappa shape index (κ3) is 3.66. The summed E-state index contributed by atoms with van der Waals surface area (Å²) in [6.45, 7) is 0. The van der Waals surface area contributed by atoms with Crippen LogP contribution in [0.1, 0.15) is 15.9 Å². The van der Waals surface area contributed by atoms with Crippen LogP contribution in [0.4, 0.5) is 17.1 Å². The first kappa shape index (κ1) is 16.0. The van der Waals surface area contributed by atoms with Crippen LogP contribution in [0, 0.1) is 22.5 Å². The summed E-state index contributed by atoms with van der Waals surface area (Å²) in [5, 5.41) is 13.8. The molecule has 2 aromatic carbocycles. The Hall–Kier alpha value is -3.33. The number of rotatable bonds is 4. The number of nitro groups is 1. The lowest BCUT2D eigenvalue weighted by atomic mass is 10.1. The van der Waals surface area contributed by atoms with Gasteiger partial charge in [0.1, 0.15) is 5.69 Å². The molecule has 0 saturated heterocycles. The fraction of sp³-hybridized carbons (Fsp3) is 0.118. The zero-order chi connectivity index (χ0) is 17.0. The molecule has 0 heterocycles. The van der Waals surface area contributed by atoms with E-state index in [2.05, 4.69) is 11.2 Å². The van der Waals surface area contributed by atoms with E-state index in [1.54, 1.807) is 55.4 Å². The van der Waals surface area contributed by atoms with Crippen molar-refractivity contribution < 1.29 is 9.72 Å². The van der Waals surface area contributed by atoms with Crippen molar-refractivity contribution in [3.05, 3.63) is 63.7 Å². The molecule has 0 radical (unpaired) electrons. The average Bonchev–Trinajstić information content (AvgIpc) is 2.54. The predicted octanol–water partition coefficient (Wildman–Crippen LogP) is 2.89. The zero-order valence-corrected chi connectivity index (χ0v) is 12.7. The molecule has 6 heteroatoms. The van der Waals surface area contributed by atoms with Gasteiger partial charge in [0.05, 0.1) is 4.92 Å². The molecule has 0 bridgehead atoms. The average molecular weight is 309 g/mol. The second-order valence-corrected chi connectivity index (χ2v) is 5.03. The Labute approximate surface area is 133 Å². The van der Waals surface area contributed by atoms with Crippen LogP contribution in [-0.4, -0.2) is 24.9 Å². The number of hydrogen-bond acceptors (Lipinski definition) is 4. The molecule has 0 spiro atoms. The molecule has 2 aromatic rings. The smallest absolute Gasteiger partial charge is 0.293 e. The van der Waals surface area contributed by atoms with Crippen molar-refractivity contribution in [1.82, 2.24) is 0 Å². The lowest BCUT2D eigenvalue weighted by molar-refractivity contribution is -0.384. The third-order valence-electron chi connectivity index (χ3n) is 3.20. The number of hydrogen-bond donors (Lipinski definition) is 1. The van der Waals surface area contributed by atoms with Crippen LogP contribution in [0.2, 0.25) is 0 Å². The molecule has 1 amide bonds. The van der Waals surface area contributed by atoms with E-state index in [0.717, 1.165) is 0 Å². The van der Waals surface area contributed by atoms with Crippen LogP contribution in [0.15, 0.2) is 42.5 Å². The number of nitrogens with one attached hydrogen (secondary N) is 1. The summed E-state index contributed by atoms with van der Waals surface area (Å²) in [5.74, 6) is 2.04. The topological polar surface area (TPSA) is 75.5 Å². The first-order valence-electron chi connectivity index (χ1n) is 6.76. The molecule has 116 valence electrons. The predicted molar refractivity (Wildman–Crippen MR) is 89.8 cm³/mol. The Balaban J connectivity index is 2.31. The van der Waals surface area contributed by atoms with Gasteiger partial charge in [0.15, 0.2) is 0 Å². The van der Waals surface area contributed by atoms with Crippen molar-refractivity contribution in [2.75, 3.05) is 24.3 Å². The molecule has 0 aliphatic carbocycles. The highest BCUT2D eigenvalue weighted by Gasteiger charge is 2.18. The maximum Gasteiger partial charge on any atom is 0.293 e. The van der Waals surface area contributed by atoms with E-state index < -0.39 is 10.8 Å². The minimum absolute atomic E-state index is 0.125. The van der Waals surface area contributed by atoms with Crippen molar-refractivity contribution in [2.24, 2.45) is 0 Å². The van der Waals surface area contributed by atoms with E-state index in [1.165, 1.54) is 6.07 Å². The summed E-state index contributed by atoms with van der Waals surface area (Å²) in [5.41, 5.74) is 1.68. The summed E-state index contributed by atoms with van der Waals surface area (Å²) in [6.07, 6.45) is 5.32. The second-order valence-electron chi connectivity index (χ2n) is 5.03. The van der Waals surface area contributed by atoms with E-state index >= 15 is 0 Å². The molecule has 0 fully saturated rings. The molecule has 0 saturated carbocycles. The molecule has 0 aliphatic heterocycles. The number of anilines is 2. The molecule has 1 N–H and O–H groups in total. The van der Waals surface area contributed by atoms with Crippen molar-refractivity contribution >= 4 is 23.0 Å². The number of nitro benzene ring substituents is 1. The zero-order valence-electron chi connectivity index (χ0n) is 12.7. The maximum absolute atomic E-state index is 12.3. The fourth-order valence-electron chi connectivity index (χ4n) is 2.08. The van der Waals surface area contributed by atoms with E-state index in [1.807, 2.05) is 0 Å².